The summed E-state index contributed by atoms with van der Waals surface area (Å²) in [6.07, 6.45) is 6.44. The number of methoxy groups -OCH3 is 4. The maximum atomic E-state index is 12.5. The Morgan fingerprint density at radius 3 is 1.22 bits per heavy atom. The SMILES string of the molecule is COc1ccc(C(=O)N=C2C=CC(=NC(=O)c3ccc(OC)c(OC)c3)C=C2)cc1OC. The van der Waals surface area contributed by atoms with E-state index in [0.29, 0.717) is 45.5 Å². The second kappa shape index (κ2) is 10.2. The van der Waals surface area contributed by atoms with Gasteiger partial charge in [0.25, 0.3) is 11.8 Å². The van der Waals surface area contributed by atoms with Crippen molar-refractivity contribution in [3.8, 4) is 23.0 Å². The minimum Gasteiger partial charge on any atom is -0.493 e. The van der Waals surface area contributed by atoms with Crippen LogP contribution in [0.25, 0.3) is 0 Å². The first-order chi connectivity index (χ1) is 15.5. The highest BCUT2D eigenvalue weighted by atomic mass is 16.5. The van der Waals surface area contributed by atoms with Gasteiger partial charge in [-0.3, -0.25) is 9.59 Å². The van der Waals surface area contributed by atoms with Crippen LogP contribution in [0.1, 0.15) is 20.7 Å². The Labute approximate surface area is 185 Å². The van der Waals surface area contributed by atoms with E-state index >= 15 is 0 Å². The van der Waals surface area contributed by atoms with Crippen molar-refractivity contribution in [1.29, 1.82) is 0 Å². The molecule has 164 valence electrons. The van der Waals surface area contributed by atoms with Crippen molar-refractivity contribution in [1.82, 2.24) is 0 Å². The Balaban J connectivity index is 1.73. The topological polar surface area (TPSA) is 95.8 Å². The minimum absolute atomic E-state index is 0.361. The molecule has 0 bridgehead atoms. The molecule has 2 aromatic rings. The lowest BCUT2D eigenvalue weighted by Gasteiger charge is -2.08. The number of carbonyl (C=O) groups is 2. The molecule has 8 nitrogen and oxygen atoms in total. The van der Waals surface area contributed by atoms with Gasteiger partial charge in [-0.25, -0.2) is 9.98 Å². The van der Waals surface area contributed by atoms with E-state index in [-0.39, 0.29) is 0 Å². The fourth-order valence-electron chi connectivity index (χ4n) is 2.90. The van der Waals surface area contributed by atoms with E-state index in [1.807, 2.05) is 0 Å². The highest BCUT2D eigenvalue weighted by Crippen LogP contribution is 2.28. The Kier molecular flexibility index (Phi) is 7.17. The summed E-state index contributed by atoms with van der Waals surface area (Å²) < 4.78 is 20.8. The summed E-state index contributed by atoms with van der Waals surface area (Å²) in [6, 6.07) is 9.64. The lowest BCUT2D eigenvalue weighted by atomic mass is 10.1. The van der Waals surface area contributed by atoms with Crippen molar-refractivity contribution in [3.05, 3.63) is 71.8 Å². The molecule has 0 saturated carbocycles. The minimum atomic E-state index is -0.433. The first-order valence-electron chi connectivity index (χ1n) is 9.55. The first kappa shape index (κ1) is 22.5. The van der Waals surface area contributed by atoms with Crippen LogP contribution in [0.4, 0.5) is 0 Å². The molecule has 0 heterocycles. The van der Waals surface area contributed by atoms with E-state index in [1.54, 1.807) is 60.7 Å². The Hall–Kier alpha value is -4.20. The molecule has 0 radical (unpaired) electrons. The van der Waals surface area contributed by atoms with Gasteiger partial charge in [-0.15, -0.1) is 0 Å². The molecule has 1 aliphatic rings. The van der Waals surface area contributed by atoms with Gasteiger partial charge in [0.15, 0.2) is 23.0 Å². The number of aliphatic imine (C=N–C) groups is 2. The number of hydrogen-bond donors (Lipinski definition) is 0. The van der Waals surface area contributed by atoms with Gasteiger partial charge in [-0.1, -0.05) is 0 Å². The number of nitrogens with zero attached hydrogens (tertiary/aromatic N) is 2. The normalized spacial score (nSPS) is 12.2. The van der Waals surface area contributed by atoms with Crippen LogP contribution < -0.4 is 18.9 Å². The van der Waals surface area contributed by atoms with Crippen LogP contribution in [-0.4, -0.2) is 51.7 Å². The van der Waals surface area contributed by atoms with Crippen LogP contribution in [0, 0.1) is 0 Å². The number of ether oxygens (including phenoxy) is 4. The Bertz CT molecular complexity index is 1050. The van der Waals surface area contributed by atoms with E-state index in [9.17, 15) is 9.59 Å². The van der Waals surface area contributed by atoms with Crippen molar-refractivity contribution in [2.24, 2.45) is 9.98 Å². The molecule has 0 atom stereocenters. The second-order valence-electron chi connectivity index (χ2n) is 6.49. The average Bonchev–Trinajstić information content (AvgIpc) is 2.84. The summed E-state index contributed by atoms with van der Waals surface area (Å²) >= 11 is 0. The lowest BCUT2D eigenvalue weighted by molar-refractivity contribution is 0.0994. The van der Waals surface area contributed by atoms with E-state index in [0.717, 1.165) is 0 Å². The molecule has 3 rings (SSSR count). The van der Waals surface area contributed by atoms with Crippen LogP contribution in [0.3, 0.4) is 0 Å². The highest BCUT2D eigenvalue weighted by molar-refractivity contribution is 6.23. The van der Waals surface area contributed by atoms with Crippen LogP contribution in [0.5, 0.6) is 23.0 Å². The first-order valence-corrected chi connectivity index (χ1v) is 9.55. The van der Waals surface area contributed by atoms with E-state index in [1.165, 1.54) is 28.4 Å². The van der Waals surface area contributed by atoms with Crippen LogP contribution in [-0.2, 0) is 0 Å². The number of rotatable bonds is 6. The Morgan fingerprint density at radius 1 is 0.562 bits per heavy atom. The summed E-state index contributed by atoms with van der Waals surface area (Å²) in [7, 11) is 6.03. The number of amides is 2. The summed E-state index contributed by atoms with van der Waals surface area (Å²) in [6.45, 7) is 0. The lowest BCUT2D eigenvalue weighted by Crippen LogP contribution is -2.07. The van der Waals surface area contributed by atoms with E-state index in [2.05, 4.69) is 9.98 Å². The summed E-state index contributed by atoms with van der Waals surface area (Å²) in [5.74, 6) is 1.06. The van der Waals surface area contributed by atoms with Gasteiger partial charge in [0.05, 0.1) is 39.9 Å². The van der Waals surface area contributed by atoms with Gasteiger partial charge < -0.3 is 18.9 Å². The van der Waals surface area contributed by atoms with Gasteiger partial charge in [0.2, 0.25) is 0 Å². The van der Waals surface area contributed by atoms with Crippen molar-refractivity contribution in [3.63, 3.8) is 0 Å². The maximum Gasteiger partial charge on any atom is 0.277 e. The molecular formula is C24H22N2O6. The smallest absolute Gasteiger partial charge is 0.277 e. The summed E-state index contributed by atoms with van der Waals surface area (Å²) in [4.78, 5) is 33.1. The van der Waals surface area contributed by atoms with Crippen LogP contribution in [0.15, 0.2) is 70.7 Å². The van der Waals surface area contributed by atoms with E-state index < -0.39 is 11.8 Å². The van der Waals surface area contributed by atoms with Crippen molar-refractivity contribution in [2.75, 3.05) is 28.4 Å². The molecule has 0 aromatic heterocycles. The predicted octanol–water partition coefficient (Wildman–Crippen LogP) is 3.71. The van der Waals surface area contributed by atoms with Gasteiger partial charge in [-0.2, -0.15) is 0 Å². The molecule has 1 aliphatic carbocycles. The van der Waals surface area contributed by atoms with Gasteiger partial charge in [0.1, 0.15) is 0 Å². The molecular weight excluding hydrogens is 412 g/mol. The number of carbonyl (C=O) groups excluding carboxylic acids is 2. The molecule has 0 saturated heterocycles. The summed E-state index contributed by atoms with van der Waals surface area (Å²) in [5.41, 5.74) is 1.59. The number of benzene rings is 2. The third-order valence-electron chi connectivity index (χ3n) is 4.57. The standard InChI is InChI=1S/C24H22N2O6/c1-29-19-11-5-15(13-21(19)31-3)23(27)25-17-7-9-18(10-8-17)26-24(28)16-6-12-20(30-2)22(14-16)32-4/h5-14H,1-4H3. The monoisotopic (exact) mass is 434 g/mol. The quantitative estimate of drug-likeness (QED) is 0.643. The fraction of sp³-hybridized carbons (Fsp3) is 0.167. The zero-order valence-electron chi connectivity index (χ0n) is 18.1. The predicted molar refractivity (Wildman–Crippen MR) is 121 cm³/mol. The van der Waals surface area contributed by atoms with Gasteiger partial charge in [-0.05, 0) is 60.7 Å². The molecule has 0 spiro atoms. The molecule has 0 aliphatic heterocycles. The molecule has 2 aromatic carbocycles. The Morgan fingerprint density at radius 2 is 0.906 bits per heavy atom. The van der Waals surface area contributed by atoms with Crippen LogP contribution in [0.2, 0.25) is 0 Å². The third kappa shape index (κ3) is 5.10. The fourth-order valence-corrected chi connectivity index (χ4v) is 2.90. The third-order valence-corrected chi connectivity index (χ3v) is 4.57. The van der Waals surface area contributed by atoms with E-state index in [4.69, 9.17) is 18.9 Å². The van der Waals surface area contributed by atoms with Gasteiger partial charge >= 0.3 is 0 Å². The molecule has 8 heteroatoms. The zero-order valence-corrected chi connectivity index (χ0v) is 18.1. The second-order valence-corrected chi connectivity index (χ2v) is 6.49. The molecule has 0 unspecified atom stereocenters. The molecule has 2 amide bonds. The number of allylic oxidation sites excluding steroid dienone is 4. The van der Waals surface area contributed by atoms with Crippen molar-refractivity contribution < 1.29 is 28.5 Å². The van der Waals surface area contributed by atoms with Crippen molar-refractivity contribution >= 4 is 23.2 Å². The van der Waals surface area contributed by atoms with Crippen LogP contribution >= 0.6 is 0 Å². The van der Waals surface area contributed by atoms with Gasteiger partial charge in [0, 0.05) is 11.1 Å². The highest BCUT2D eigenvalue weighted by Gasteiger charge is 2.13. The zero-order chi connectivity index (χ0) is 23.1. The largest absolute Gasteiger partial charge is 0.493 e. The molecule has 0 fully saturated rings. The molecule has 32 heavy (non-hydrogen) atoms. The maximum absolute atomic E-state index is 12.5. The average molecular weight is 434 g/mol. The number of hydrogen-bond acceptors (Lipinski definition) is 6. The molecule has 0 N–H and O–H groups in total. The van der Waals surface area contributed by atoms with Crippen molar-refractivity contribution in [2.45, 2.75) is 0 Å². The summed E-state index contributed by atoms with van der Waals surface area (Å²) in [5, 5.41) is 0.